The molecule has 0 aliphatic carbocycles. The highest BCUT2D eigenvalue weighted by atomic mass is 19.4. The first-order valence-electron chi connectivity index (χ1n) is 5.39. The van der Waals surface area contributed by atoms with Crippen molar-refractivity contribution in [2.75, 3.05) is 6.61 Å². The molecule has 0 aliphatic rings. The van der Waals surface area contributed by atoms with E-state index in [0.717, 1.165) is 0 Å². The molecule has 0 radical (unpaired) electrons. The van der Waals surface area contributed by atoms with Crippen molar-refractivity contribution in [1.29, 1.82) is 0 Å². The van der Waals surface area contributed by atoms with Gasteiger partial charge in [0, 0.05) is 0 Å². The summed E-state index contributed by atoms with van der Waals surface area (Å²) in [6.07, 6.45) is -14.1. The first-order chi connectivity index (χ1) is 10.1. The largest absolute Gasteiger partial charge is 0.383 e. The minimum atomic E-state index is -7.36. The van der Waals surface area contributed by atoms with Crippen LogP contribution in [0.5, 0.6) is 0 Å². The van der Waals surface area contributed by atoms with Gasteiger partial charge in [-0.2, -0.15) is 35.1 Å². The van der Waals surface area contributed by atoms with E-state index >= 15 is 0 Å². The summed E-state index contributed by atoms with van der Waals surface area (Å²) in [4.78, 5) is 0. The fourth-order valence-electron chi connectivity index (χ4n) is 1.15. The molecule has 138 valence electrons. The Bertz CT molecular complexity index is 407. The average Bonchev–Trinajstić information content (AvgIpc) is 2.42. The van der Waals surface area contributed by atoms with E-state index in [1.54, 1.807) is 0 Å². The van der Waals surface area contributed by atoms with Gasteiger partial charge in [-0.05, 0) is 0 Å². The fourth-order valence-corrected chi connectivity index (χ4v) is 1.15. The van der Waals surface area contributed by atoms with Crippen molar-refractivity contribution >= 4 is 0 Å². The summed E-state index contributed by atoms with van der Waals surface area (Å²) in [7, 11) is 0. The molecule has 0 saturated carbocycles. The van der Waals surface area contributed by atoms with Crippen LogP contribution in [0.2, 0.25) is 0 Å². The first kappa shape index (κ1) is 21.9. The minimum Gasteiger partial charge on any atom is -0.339 e. The number of halogens is 12. The standard InChI is InChI=1S/C10H8F12O/c1-2-3-23-6(14)8(17,18)10(21,22)9(19,20)7(15,16)4(11)5(12)13/h2,4-6H,1,3H2. The SMILES string of the molecule is C=CCOC(F)C(F)(F)C(F)(F)C(F)(F)C(F)(F)C(F)C(F)F. The summed E-state index contributed by atoms with van der Waals surface area (Å²) >= 11 is 0. The molecule has 0 rings (SSSR count). The summed E-state index contributed by atoms with van der Waals surface area (Å²) in [6, 6.07) is 0. The Balaban J connectivity index is 5.80. The lowest BCUT2D eigenvalue weighted by Crippen LogP contribution is -2.67. The van der Waals surface area contributed by atoms with Crippen LogP contribution in [0.3, 0.4) is 0 Å². The third-order valence-corrected chi connectivity index (χ3v) is 2.44. The van der Waals surface area contributed by atoms with Crippen LogP contribution in [0.25, 0.3) is 0 Å². The van der Waals surface area contributed by atoms with Gasteiger partial charge in [-0.25, -0.2) is 17.6 Å². The third-order valence-electron chi connectivity index (χ3n) is 2.44. The normalized spacial score (nSPS) is 17.3. The maximum atomic E-state index is 13.0. The second-order valence-electron chi connectivity index (χ2n) is 4.07. The predicted octanol–water partition coefficient (Wildman–Crippen LogP) is 4.63. The maximum absolute atomic E-state index is 13.0. The van der Waals surface area contributed by atoms with Crippen LogP contribution in [-0.4, -0.2) is 49.3 Å². The average molecular weight is 372 g/mol. The van der Waals surface area contributed by atoms with Crippen LogP contribution >= 0.6 is 0 Å². The molecule has 1 nitrogen and oxygen atoms in total. The number of ether oxygens (including phenoxy) is 1. The van der Waals surface area contributed by atoms with E-state index in [0.29, 0.717) is 6.08 Å². The van der Waals surface area contributed by atoms with Gasteiger partial charge >= 0.3 is 23.7 Å². The lowest BCUT2D eigenvalue weighted by atomic mass is 9.95. The van der Waals surface area contributed by atoms with Crippen molar-refractivity contribution < 1.29 is 57.4 Å². The molecule has 0 aromatic carbocycles. The van der Waals surface area contributed by atoms with Crippen molar-refractivity contribution in [3.8, 4) is 0 Å². The Labute approximate surface area is 120 Å². The van der Waals surface area contributed by atoms with Crippen LogP contribution in [-0.2, 0) is 4.74 Å². The van der Waals surface area contributed by atoms with Gasteiger partial charge in [0.15, 0.2) is 0 Å². The van der Waals surface area contributed by atoms with E-state index in [1.165, 1.54) is 0 Å². The molecule has 23 heavy (non-hydrogen) atoms. The van der Waals surface area contributed by atoms with Crippen molar-refractivity contribution in [3.63, 3.8) is 0 Å². The number of alkyl halides is 12. The third kappa shape index (κ3) is 3.53. The van der Waals surface area contributed by atoms with Crippen LogP contribution in [0.4, 0.5) is 52.7 Å². The highest BCUT2D eigenvalue weighted by Gasteiger charge is 2.85. The van der Waals surface area contributed by atoms with E-state index in [9.17, 15) is 52.7 Å². The lowest BCUT2D eigenvalue weighted by molar-refractivity contribution is -0.402. The zero-order valence-corrected chi connectivity index (χ0v) is 10.7. The highest BCUT2D eigenvalue weighted by molar-refractivity contribution is 5.07. The van der Waals surface area contributed by atoms with Gasteiger partial charge in [0.05, 0.1) is 6.61 Å². The molecule has 0 amide bonds. The quantitative estimate of drug-likeness (QED) is 0.424. The van der Waals surface area contributed by atoms with Gasteiger partial charge in [-0.15, -0.1) is 6.58 Å². The Hall–Kier alpha value is -1.14. The monoisotopic (exact) mass is 372 g/mol. The Morgan fingerprint density at radius 1 is 0.783 bits per heavy atom. The van der Waals surface area contributed by atoms with Crippen LogP contribution in [0, 0.1) is 0 Å². The maximum Gasteiger partial charge on any atom is 0.383 e. The van der Waals surface area contributed by atoms with Crippen LogP contribution in [0.1, 0.15) is 0 Å². The highest BCUT2D eigenvalue weighted by Crippen LogP contribution is 2.56. The second kappa shape index (κ2) is 6.77. The molecule has 13 heteroatoms. The molecule has 2 atom stereocenters. The Morgan fingerprint density at radius 2 is 1.17 bits per heavy atom. The molecule has 0 N–H and O–H groups in total. The molecule has 0 aromatic heterocycles. The topological polar surface area (TPSA) is 9.23 Å². The lowest BCUT2D eigenvalue weighted by Gasteiger charge is -2.38. The summed E-state index contributed by atoms with van der Waals surface area (Å²) < 4.78 is 156. The van der Waals surface area contributed by atoms with Gasteiger partial charge in [0.2, 0.25) is 6.17 Å². The number of rotatable bonds is 9. The van der Waals surface area contributed by atoms with Gasteiger partial charge in [-0.3, -0.25) is 0 Å². The zero-order valence-electron chi connectivity index (χ0n) is 10.7. The minimum absolute atomic E-state index is 0.530. The van der Waals surface area contributed by atoms with Gasteiger partial charge in [0.1, 0.15) is 0 Å². The molecule has 0 bridgehead atoms. The fraction of sp³-hybridized carbons (Fsp3) is 0.800. The van der Waals surface area contributed by atoms with Crippen LogP contribution < -0.4 is 0 Å². The number of hydrogen-bond donors (Lipinski definition) is 0. The van der Waals surface area contributed by atoms with Gasteiger partial charge < -0.3 is 4.74 Å². The van der Waals surface area contributed by atoms with Crippen molar-refractivity contribution in [2.45, 2.75) is 42.6 Å². The number of hydrogen-bond acceptors (Lipinski definition) is 1. The molecule has 0 aliphatic heterocycles. The molecule has 0 fully saturated rings. The smallest absolute Gasteiger partial charge is 0.339 e. The van der Waals surface area contributed by atoms with E-state index in [2.05, 4.69) is 11.3 Å². The predicted molar refractivity (Wildman–Crippen MR) is 51.7 cm³/mol. The Morgan fingerprint density at radius 3 is 1.52 bits per heavy atom. The molecule has 0 heterocycles. The van der Waals surface area contributed by atoms with E-state index in [1.807, 2.05) is 0 Å². The molecular formula is C10H8F12O. The summed E-state index contributed by atoms with van der Waals surface area (Å²) in [5, 5.41) is 0. The van der Waals surface area contributed by atoms with Crippen molar-refractivity contribution in [1.82, 2.24) is 0 Å². The zero-order chi connectivity index (χ0) is 18.9. The first-order valence-corrected chi connectivity index (χ1v) is 5.39. The molecule has 0 saturated heterocycles. The molecular weight excluding hydrogens is 364 g/mol. The van der Waals surface area contributed by atoms with Crippen molar-refractivity contribution in [3.05, 3.63) is 12.7 Å². The summed E-state index contributed by atoms with van der Waals surface area (Å²) in [5.41, 5.74) is 0. The van der Waals surface area contributed by atoms with Crippen molar-refractivity contribution in [2.24, 2.45) is 0 Å². The molecule has 0 spiro atoms. The van der Waals surface area contributed by atoms with Gasteiger partial charge in [-0.1, -0.05) is 6.08 Å². The van der Waals surface area contributed by atoms with Crippen LogP contribution in [0.15, 0.2) is 12.7 Å². The molecule has 2 unspecified atom stereocenters. The second-order valence-corrected chi connectivity index (χ2v) is 4.07. The van der Waals surface area contributed by atoms with Gasteiger partial charge in [0.25, 0.3) is 12.8 Å². The Kier molecular flexibility index (Phi) is 6.43. The van der Waals surface area contributed by atoms with E-state index in [-0.39, 0.29) is 0 Å². The summed E-state index contributed by atoms with van der Waals surface area (Å²) in [5.74, 6) is -28.1. The molecule has 0 aromatic rings. The van der Waals surface area contributed by atoms with E-state index < -0.39 is 49.3 Å². The van der Waals surface area contributed by atoms with E-state index in [4.69, 9.17) is 0 Å². The summed E-state index contributed by atoms with van der Waals surface area (Å²) in [6.45, 7) is 1.59.